The molecule has 1 saturated heterocycles. The number of benzene rings is 1. The Balaban J connectivity index is 2.06. The first kappa shape index (κ1) is 21.6. The second-order valence-corrected chi connectivity index (χ2v) is 6.99. The molecule has 0 unspecified atom stereocenters. The number of carbonyl (C=O) groups excluding carboxylic acids is 2. The monoisotopic (exact) mass is 391 g/mol. The molecule has 0 saturated carbocycles. The summed E-state index contributed by atoms with van der Waals surface area (Å²) in [5.74, 6) is -0.125. The van der Waals surface area contributed by atoms with Gasteiger partial charge in [0.2, 0.25) is 5.91 Å². The van der Waals surface area contributed by atoms with Crippen molar-refractivity contribution in [2.24, 2.45) is 0 Å². The molecular weight excluding hydrogens is 362 g/mol. The van der Waals surface area contributed by atoms with E-state index in [-0.39, 0.29) is 17.5 Å². The van der Waals surface area contributed by atoms with Gasteiger partial charge in [0.25, 0.3) is 11.6 Å². The molecule has 0 bridgehead atoms. The van der Waals surface area contributed by atoms with E-state index < -0.39 is 4.92 Å². The second-order valence-electron chi connectivity index (χ2n) is 6.99. The summed E-state index contributed by atoms with van der Waals surface area (Å²) in [5, 5.41) is 11.1. The minimum absolute atomic E-state index is 0.0957. The Labute approximate surface area is 165 Å². The zero-order valence-corrected chi connectivity index (χ0v) is 17.1. The predicted octanol–water partition coefficient (Wildman–Crippen LogP) is 1.29. The predicted molar refractivity (Wildman–Crippen MR) is 108 cm³/mol. The van der Waals surface area contributed by atoms with Crippen LogP contribution in [0.2, 0.25) is 0 Å². The summed E-state index contributed by atoms with van der Waals surface area (Å²) >= 11 is 0. The van der Waals surface area contributed by atoms with Crippen LogP contribution < -0.4 is 4.90 Å². The molecule has 0 aromatic heterocycles. The standard InChI is InChI=1S/C19H29N5O4/c1-5-22(6-2)18(25)14-21-9-11-23(12-10-21)19(26)16-13-15(24(27)28)7-8-17(16)20(3)4/h7-8,13H,5-6,9-12,14H2,1-4H3. The molecule has 1 aromatic rings. The Hall–Kier alpha value is -2.68. The fourth-order valence-electron chi connectivity index (χ4n) is 3.35. The van der Waals surface area contributed by atoms with E-state index in [2.05, 4.69) is 0 Å². The second kappa shape index (κ2) is 9.50. The SMILES string of the molecule is CCN(CC)C(=O)CN1CCN(C(=O)c2cc([N+](=O)[O-])ccc2N(C)C)CC1. The van der Waals surface area contributed by atoms with Gasteiger partial charge in [0, 0.05) is 71.2 Å². The molecule has 9 heteroatoms. The number of piperazine rings is 1. The minimum Gasteiger partial charge on any atom is -0.377 e. The number of hydrogen-bond donors (Lipinski definition) is 0. The maximum atomic E-state index is 13.0. The third kappa shape index (κ3) is 4.98. The van der Waals surface area contributed by atoms with Crippen LogP contribution in [0.3, 0.4) is 0 Å². The molecule has 0 radical (unpaired) electrons. The minimum atomic E-state index is -0.493. The van der Waals surface area contributed by atoms with Crippen LogP contribution in [0.4, 0.5) is 11.4 Å². The van der Waals surface area contributed by atoms with Crippen LogP contribution in [0.5, 0.6) is 0 Å². The molecule has 0 aliphatic carbocycles. The van der Waals surface area contributed by atoms with E-state index in [9.17, 15) is 19.7 Å². The van der Waals surface area contributed by atoms with Crippen LogP contribution >= 0.6 is 0 Å². The number of nitro groups is 1. The molecule has 0 spiro atoms. The Kier molecular flexibility index (Phi) is 7.33. The average molecular weight is 391 g/mol. The molecule has 9 nitrogen and oxygen atoms in total. The molecule has 154 valence electrons. The summed E-state index contributed by atoms with van der Waals surface area (Å²) in [7, 11) is 3.60. The van der Waals surface area contributed by atoms with Crippen molar-refractivity contribution in [2.75, 3.05) is 64.8 Å². The van der Waals surface area contributed by atoms with Crippen LogP contribution in [0.1, 0.15) is 24.2 Å². The van der Waals surface area contributed by atoms with Gasteiger partial charge in [-0.3, -0.25) is 24.6 Å². The van der Waals surface area contributed by atoms with Crippen molar-refractivity contribution in [1.82, 2.24) is 14.7 Å². The summed E-state index contributed by atoms with van der Waals surface area (Å²) in [4.78, 5) is 43.2. The number of anilines is 1. The largest absolute Gasteiger partial charge is 0.377 e. The Morgan fingerprint density at radius 2 is 1.71 bits per heavy atom. The molecule has 28 heavy (non-hydrogen) atoms. The number of nitrogens with zero attached hydrogens (tertiary/aromatic N) is 5. The molecule has 0 atom stereocenters. The Morgan fingerprint density at radius 1 is 1.11 bits per heavy atom. The highest BCUT2D eigenvalue weighted by Gasteiger charge is 2.27. The number of hydrogen-bond acceptors (Lipinski definition) is 6. The third-order valence-corrected chi connectivity index (χ3v) is 5.04. The summed E-state index contributed by atoms with van der Waals surface area (Å²) in [5.41, 5.74) is 0.874. The van der Waals surface area contributed by atoms with Gasteiger partial charge in [0.05, 0.1) is 17.0 Å². The van der Waals surface area contributed by atoms with Crippen molar-refractivity contribution in [3.05, 3.63) is 33.9 Å². The van der Waals surface area contributed by atoms with Gasteiger partial charge in [0.1, 0.15) is 0 Å². The van der Waals surface area contributed by atoms with Gasteiger partial charge in [-0.25, -0.2) is 0 Å². The van der Waals surface area contributed by atoms with Crippen LogP contribution in [-0.4, -0.2) is 91.3 Å². The van der Waals surface area contributed by atoms with Gasteiger partial charge in [-0.15, -0.1) is 0 Å². The van der Waals surface area contributed by atoms with Crippen LogP contribution in [-0.2, 0) is 4.79 Å². The quantitative estimate of drug-likeness (QED) is 0.514. The first-order valence-corrected chi connectivity index (χ1v) is 9.53. The fourth-order valence-corrected chi connectivity index (χ4v) is 3.35. The smallest absolute Gasteiger partial charge is 0.270 e. The van der Waals surface area contributed by atoms with Gasteiger partial charge >= 0.3 is 0 Å². The van der Waals surface area contributed by atoms with Gasteiger partial charge in [-0.05, 0) is 19.9 Å². The highest BCUT2D eigenvalue weighted by molar-refractivity contribution is 6.00. The summed E-state index contributed by atoms with van der Waals surface area (Å²) in [6, 6.07) is 4.35. The average Bonchev–Trinajstić information content (AvgIpc) is 2.68. The van der Waals surface area contributed by atoms with Crippen molar-refractivity contribution in [1.29, 1.82) is 0 Å². The molecule has 2 amide bonds. The molecule has 2 rings (SSSR count). The first-order chi connectivity index (χ1) is 13.3. The van der Waals surface area contributed by atoms with E-state index in [0.29, 0.717) is 57.1 Å². The lowest BCUT2D eigenvalue weighted by molar-refractivity contribution is -0.384. The van der Waals surface area contributed by atoms with Crippen LogP contribution in [0, 0.1) is 10.1 Å². The summed E-state index contributed by atoms with van der Waals surface area (Å²) in [6.45, 7) is 7.82. The molecule has 0 N–H and O–H groups in total. The van der Waals surface area contributed by atoms with Gasteiger partial charge in [-0.2, -0.15) is 0 Å². The molecule has 1 aliphatic rings. The Morgan fingerprint density at radius 3 is 2.21 bits per heavy atom. The highest BCUT2D eigenvalue weighted by atomic mass is 16.6. The van der Waals surface area contributed by atoms with Gasteiger partial charge in [0.15, 0.2) is 0 Å². The lowest BCUT2D eigenvalue weighted by Gasteiger charge is -2.35. The number of nitro benzene ring substituents is 1. The number of rotatable bonds is 7. The molecule has 1 aliphatic heterocycles. The van der Waals surface area contributed by atoms with E-state index in [0.717, 1.165) is 0 Å². The van der Waals surface area contributed by atoms with E-state index in [1.54, 1.807) is 34.9 Å². The summed E-state index contributed by atoms with van der Waals surface area (Å²) in [6.07, 6.45) is 0. The highest BCUT2D eigenvalue weighted by Crippen LogP contribution is 2.26. The lowest BCUT2D eigenvalue weighted by Crippen LogP contribution is -2.51. The molecular formula is C19H29N5O4. The summed E-state index contributed by atoms with van der Waals surface area (Å²) < 4.78 is 0. The number of non-ortho nitro benzene ring substituents is 1. The van der Waals surface area contributed by atoms with Crippen molar-refractivity contribution >= 4 is 23.2 Å². The third-order valence-electron chi connectivity index (χ3n) is 5.04. The maximum absolute atomic E-state index is 13.0. The van der Waals surface area contributed by atoms with Gasteiger partial charge < -0.3 is 14.7 Å². The van der Waals surface area contributed by atoms with Crippen molar-refractivity contribution in [3.8, 4) is 0 Å². The maximum Gasteiger partial charge on any atom is 0.270 e. The first-order valence-electron chi connectivity index (χ1n) is 9.53. The zero-order chi connectivity index (χ0) is 20.8. The van der Waals surface area contributed by atoms with Crippen LogP contribution in [0.25, 0.3) is 0 Å². The topological polar surface area (TPSA) is 90.2 Å². The molecule has 1 heterocycles. The molecule has 1 fully saturated rings. The number of amides is 2. The Bertz CT molecular complexity index is 725. The number of likely N-dealkylation sites (N-methyl/N-ethyl adjacent to an activating group) is 1. The van der Waals surface area contributed by atoms with E-state index in [4.69, 9.17) is 0 Å². The zero-order valence-electron chi connectivity index (χ0n) is 17.1. The van der Waals surface area contributed by atoms with Crippen molar-refractivity contribution < 1.29 is 14.5 Å². The lowest BCUT2D eigenvalue weighted by atomic mass is 10.1. The van der Waals surface area contributed by atoms with Crippen molar-refractivity contribution in [3.63, 3.8) is 0 Å². The van der Waals surface area contributed by atoms with E-state index in [1.165, 1.54) is 12.1 Å². The number of carbonyl (C=O) groups is 2. The fraction of sp³-hybridized carbons (Fsp3) is 0.579. The van der Waals surface area contributed by atoms with E-state index in [1.807, 2.05) is 18.7 Å². The van der Waals surface area contributed by atoms with Crippen LogP contribution in [0.15, 0.2) is 18.2 Å². The normalized spacial score (nSPS) is 14.6. The van der Waals surface area contributed by atoms with Gasteiger partial charge in [-0.1, -0.05) is 0 Å². The van der Waals surface area contributed by atoms with Crippen molar-refractivity contribution in [2.45, 2.75) is 13.8 Å². The van der Waals surface area contributed by atoms with E-state index >= 15 is 0 Å². The molecule has 1 aromatic carbocycles.